The zero-order chi connectivity index (χ0) is 37.1. The first kappa shape index (κ1) is 29.6. The number of carbonyl (C=O) groups is 1. The first-order valence-corrected chi connectivity index (χ1v) is 15.7. The van der Waals surface area contributed by atoms with Crippen LogP contribution < -0.4 is 15.8 Å². The number of pyridine rings is 1. The number of benzene rings is 1. The second-order valence-corrected chi connectivity index (χ2v) is 13.4. The van der Waals surface area contributed by atoms with E-state index in [1.807, 2.05) is 0 Å². The third kappa shape index (κ3) is 6.24. The van der Waals surface area contributed by atoms with Crippen LogP contribution in [-0.2, 0) is 16.6 Å². The van der Waals surface area contributed by atoms with Crippen molar-refractivity contribution in [1.82, 2.24) is 34.1 Å². The number of ether oxygens (including phenoxy) is 1. The van der Waals surface area contributed by atoms with Crippen LogP contribution in [0.2, 0.25) is 0 Å². The highest BCUT2D eigenvalue weighted by Crippen LogP contribution is 2.42. The van der Waals surface area contributed by atoms with Gasteiger partial charge in [0.25, 0.3) is 11.8 Å². The minimum Gasteiger partial charge on any atom is -0.480 e. The SMILES string of the molecule is [2H]C([2H])([2H])Oc1ncc(-c2cc(CN3CC(F)(F)C3)c3c(N)ncnn23)cc1C(=O)N[C@@H]1CN(S(=O)(=O)C(c2ccccc2)C(F)(F)F)C[C@@H]1F. The van der Waals surface area contributed by atoms with E-state index < -0.39 is 95.7 Å². The molecule has 0 radical (unpaired) electrons. The number of nitrogens with two attached hydrogens (primary N) is 1. The van der Waals surface area contributed by atoms with Gasteiger partial charge in [0.15, 0.2) is 11.1 Å². The van der Waals surface area contributed by atoms with Crippen LogP contribution in [0.5, 0.6) is 5.88 Å². The topological polar surface area (TPSA) is 148 Å². The molecule has 4 aromatic rings. The summed E-state index contributed by atoms with van der Waals surface area (Å²) in [5.41, 5.74) is 5.96. The number of halogens is 6. The van der Waals surface area contributed by atoms with E-state index in [0.29, 0.717) is 9.87 Å². The van der Waals surface area contributed by atoms with Gasteiger partial charge in [-0.05, 0) is 23.3 Å². The number of carbonyl (C=O) groups excluding carboxylic acids is 1. The molecule has 12 nitrogen and oxygen atoms in total. The summed E-state index contributed by atoms with van der Waals surface area (Å²) >= 11 is 0. The van der Waals surface area contributed by atoms with E-state index in [0.717, 1.165) is 30.7 Å². The lowest BCUT2D eigenvalue weighted by Gasteiger charge is -2.38. The molecule has 3 N–H and O–H groups in total. The summed E-state index contributed by atoms with van der Waals surface area (Å²) in [6.07, 6.45) is -5.19. The molecule has 19 heteroatoms. The van der Waals surface area contributed by atoms with E-state index in [2.05, 4.69) is 20.4 Å². The fourth-order valence-electron chi connectivity index (χ4n) is 5.89. The standard InChI is InChI=1S/C29H28F6N8O4S/c1-47-27-19(7-17(9-37-27)22-8-18(10-41-13-28(31,32)14-41)23-25(36)38-15-39-43(22)23)26(44)40-21-12-42(11-20(21)30)48(45,46)24(29(33,34)35)16-5-3-2-4-6-16/h2-9,15,20-21,24H,10-14H2,1H3,(H,40,44)(H2,36,38,39)/t20-,21+,24?/m0/s1/i1D3. The fourth-order valence-corrected chi connectivity index (χ4v) is 7.75. The minimum absolute atomic E-state index is 0.00145. The van der Waals surface area contributed by atoms with Crippen LogP contribution in [0.1, 0.15) is 30.8 Å². The molecule has 48 heavy (non-hydrogen) atoms. The van der Waals surface area contributed by atoms with Gasteiger partial charge in [0.1, 0.15) is 23.6 Å². The number of nitrogens with zero attached hydrogens (tertiary/aromatic N) is 6. The maximum absolute atomic E-state index is 15.3. The molecule has 6 rings (SSSR count). The maximum atomic E-state index is 15.3. The van der Waals surface area contributed by atoms with Crippen LogP contribution in [-0.4, -0.2) is 101 Å². The number of aromatic nitrogens is 4. The number of likely N-dealkylation sites (tertiary alicyclic amines) is 1. The lowest BCUT2D eigenvalue weighted by molar-refractivity contribution is -0.134. The molecule has 0 spiro atoms. The number of fused-ring (bicyclic) bond motifs is 1. The Morgan fingerprint density at radius 2 is 1.92 bits per heavy atom. The Morgan fingerprint density at radius 1 is 1.19 bits per heavy atom. The van der Waals surface area contributed by atoms with Gasteiger partial charge < -0.3 is 15.8 Å². The van der Waals surface area contributed by atoms with Crippen LogP contribution in [0.15, 0.2) is 55.0 Å². The van der Waals surface area contributed by atoms with Crippen molar-refractivity contribution in [3.8, 4) is 17.1 Å². The highest BCUT2D eigenvalue weighted by molar-refractivity contribution is 7.89. The quantitative estimate of drug-likeness (QED) is 0.251. The van der Waals surface area contributed by atoms with E-state index in [1.54, 1.807) is 0 Å². The van der Waals surface area contributed by atoms with Gasteiger partial charge in [-0.25, -0.2) is 36.1 Å². The molecule has 1 unspecified atom stereocenters. The number of hydrogen-bond acceptors (Lipinski definition) is 9. The Balaban J connectivity index is 1.31. The van der Waals surface area contributed by atoms with Gasteiger partial charge in [-0.1, -0.05) is 30.3 Å². The molecule has 2 aliphatic rings. The lowest BCUT2D eigenvalue weighted by Crippen LogP contribution is -2.55. The monoisotopic (exact) mass is 701 g/mol. The van der Waals surface area contributed by atoms with Crippen molar-refractivity contribution in [1.29, 1.82) is 0 Å². The van der Waals surface area contributed by atoms with Crippen LogP contribution in [0.25, 0.3) is 16.8 Å². The maximum Gasteiger partial charge on any atom is 0.410 e. The van der Waals surface area contributed by atoms with E-state index in [9.17, 15) is 35.2 Å². The molecule has 0 saturated carbocycles. The first-order chi connectivity index (χ1) is 23.7. The first-order valence-electron chi connectivity index (χ1n) is 15.7. The second kappa shape index (κ2) is 12.2. The summed E-state index contributed by atoms with van der Waals surface area (Å²) in [7, 11) is -8.37. The Bertz CT molecular complexity index is 2060. The summed E-state index contributed by atoms with van der Waals surface area (Å²) < 4.78 is 140. The van der Waals surface area contributed by atoms with Crippen molar-refractivity contribution >= 4 is 27.3 Å². The summed E-state index contributed by atoms with van der Waals surface area (Å²) in [6.45, 7) is -2.86. The molecular formula is C29H28F6N8O4S. The predicted molar refractivity (Wildman–Crippen MR) is 159 cm³/mol. The Morgan fingerprint density at radius 3 is 2.58 bits per heavy atom. The van der Waals surface area contributed by atoms with Crippen LogP contribution in [0, 0.1) is 0 Å². The van der Waals surface area contributed by atoms with Crippen molar-refractivity contribution in [3.05, 3.63) is 71.7 Å². The molecular weight excluding hydrogens is 670 g/mol. The number of nitrogens with one attached hydrogen (secondary N) is 1. The summed E-state index contributed by atoms with van der Waals surface area (Å²) in [6, 6.07) is 6.79. The lowest BCUT2D eigenvalue weighted by atomic mass is 10.1. The summed E-state index contributed by atoms with van der Waals surface area (Å²) in [5.74, 6) is -4.77. The number of sulfonamides is 1. The van der Waals surface area contributed by atoms with Crippen molar-refractivity contribution in [2.75, 3.05) is 39.0 Å². The van der Waals surface area contributed by atoms with Crippen LogP contribution >= 0.6 is 0 Å². The molecule has 1 amide bonds. The summed E-state index contributed by atoms with van der Waals surface area (Å²) in [4.78, 5) is 23.0. The van der Waals surface area contributed by atoms with Gasteiger partial charge in [0.05, 0.1) is 36.0 Å². The van der Waals surface area contributed by atoms with Gasteiger partial charge in [-0.15, -0.1) is 0 Å². The Labute approximate surface area is 273 Å². The molecule has 3 aromatic heterocycles. The molecule has 0 aliphatic carbocycles. The molecule has 2 fully saturated rings. The highest BCUT2D eigenvalue weighted by atomic mass is 32.2. The smallest absolute Gasteiger partial charge is 0.410 e. The van der Waals surface area contributed by atoms with Crippen LogP contribution in [0.4, 0.5) is 32.2 Å². The second-order valence-electron chi connectivity index (χ2n) is 11.4. The van der Waals surface area contributed by atoms with Gasteiger partial charge in [0.2, 0.25) is 15.9 Å². The molecule has 3 atom stereocenters. The Hall–Kier alpha value is -4.49. The van der Waals surface area contributed by atoms with Crippen molar-refractivity contribution in [2.24, 2.45) is 0 Å². The number of anilines is 1. The number of alkyl halides is 6. The number of amides is 1. The van der Waals surface area contributed by atoms with Gasteiger partial charge >= 0.3 is 6.18 Å². The molecule has 256 valence electrons. The van der Waals surface area contributed by atoms with Gasteiger partial charge in [0, 0.05) is 31.4 Å². The van der Waals surface area contributed by atoms with Crippen molar-refractivity contribution in [3.63, 3.8) is 0 Å². The number of hydrogen-bond donors (Lipinski definition) is 2. The molecule has 2 aliphatic heterocycles. The number of methoxy groups -OCH3 is 1. The van der Waals surface area contributed by atoms with Crippen LogP contribution in [0.3, 0.4) is 0 Å². The van der Waals surface area contributed by atoms with E-state index in [-0.39, 0.29) is 29.1 Å². The van der Waals surface area contributed by atoms with Gasteiger partial charge in [-0.2, -0.15) is 22.6 Å². The van der Waals surface area contributed by atoms with E-state index >= 15 is 4.39 Å². The third-order valence-corrected chi connectivity index (χ3v) is 10.2. The van der Waals surface area contributed by atoms with E-state index in [1.165, 1.54) is 33.7 Å². The highest BCUT2D eigenvalue weighted by Gasteiger charge is 2.54. The average Bonchev–Trinajstić information content (AvgIpc) is 3.56. The average molecular weight is 702 g/mol. The Kier molecular flexibility index (Phi) is 7.53. The molecule has 5 heterocycles. The number of nitrogen functional groups attached to an aromatic ring is 1. The van der Waals surface area contributed by atoms with Crippen molar-refractivity contribution in [2.45, 2.75) is 36.1 Å². The van der Waals surface area contributed by atoms with Gasteiger partial charge in [-0.3, -0.25) is 9.69 Å². The fraction of sp³-hybridized carbons (Fsp3) is 0.379. The molecule has 2 saturated heterocycles. The largest absolute Gasteiger partial charge is 0.480 e. The molecule has 0 bridgehead atoms. The predicted octanol–water partition coefficient (Wildman–Crippen LogP) is 3.22. The number of rotatable bonds is 9. The zero-order valence-corrected chi connectivity index (χ0v) is 25.3. The minimum atomic E-state index is -5.26. The normalized spacial score (nSPS) is 22.0. The zero-order valence-electron chi connectivity index (χ0n) is 27.5. The van der Waals surface area contributed by atoms with E-state index in [4.69, 9.17) is 14.6 Å². The summed E-state index contributed by atoms with van der Waals surface area (Å²) in [5, 5.41) is 3.40. The molecule has 1 aromatic carbocycles. The van der Waals surface area contributed by atoms with Crippen molar-refractivity contribution < 1.29 is 48.4 Å². The third-order valence-electron chi connectivity index (χ3n) is 8.04.